The van der Waals surface area contributed by atoms with Crippen LogP contribution in [0.25, 0.3) is 39.2 Å². The number of nitriles is 1. The van der Waals surface area contributed by atoms with Gasteiger partial charge in [-0.15, -0.1) is 0 Å². The van der Waals surface area contributed by atoms with E-state index in [1.165, 1.54) is 15.2 Å². The summed E-state index contributed by atoms with van der Waals surface area (Å²) in [5.41, 5.74) is 1.54. The van der Waals surface area contributed by atoms with Crippen molar-refractivity contribution in [3.63, 3.8) is 0 Å². The number of rotatable bonds is 2. The fourth-order valence-corrected chi connectivity index (χ4v) is 4.58. The van der Waals surface area contributed by atoms with Crippen molar-refractivity contribution >= 4 is 33.5 Å². The summed E-state index contributed by atoms with van der Waals surface area (Å²) in [4.78, 5) is 30.9. The van der Waals surface area contributed by atoms with Gasteiger partial charge in [-0.25, -0.2) is 9.67 Å². The van der Waals surface area contributed by atoms with Crippen molar-refractivity contribution in [2.75, 3.05) is 0 Å². The maximum Gasteiger partial charge on any atom is 0.275 e. The van der Waals surface area contributed by atoms with Crippen LogP contribution < -0.4 is 16.3 Å². The van der Waals surface area contributed by atoms with E-state index in [1.54, 1.807) is 37.3 Å². The van der Waals surface area contributed by atoms with Crippen LogP contribution in [0.3, 0.4) is 0 Å². The summed E-state index contributed by atoms with van der Waals surface area (Å²) in [6.07, 6.45) is 1.34. The molecule has 0 aliphatic rings. The monoisotopic (exact) mass is 459 g/mol. The Balaban J connectivity index is 1.68. The zero-order chi connectivity index (χ0) is 24.3. The number of hydrogen-bond donors (Lipinski definition) is 2. The Hall–Kier alpha value is -5.16. The fraction of sp³-hybridized carbons (Fsp3) is 0.0370. The van der Waals surface area contributed by atoms with Crippen LogP contribution in [0.4, 0.5) is 0 Å². The third-order valence-corrected chi connectivity index (χ3v) is 6.32. The lowest BCUT2D eigenvalue weighted by atomic mass is 10.1. The van der Waals surface area contributed by atoms with E-state index in [2.05, 4.69) is 16.2 Å². The minimum Gasteiger partial charge on any atom is -0.493 e. The van der Waals surface area contributed by atoms with Crippen LogP contribution in [0.15, 0.2) is 76.3 Å². The molecule has 35 heavy (non-hydrogen) atoms. The molecule has 0 saturated heterocycles. The summed E-state index contributed by atoms with van der Waals surface area (Å²) >= 11 is 0. The topological polar surface area (TPSA) is 116 Å². The molecule has 0 spiro atoms. The number of aromatic hydroxyl groups is 1. The summed E-state index contributed by atoms with van der Waals surface area (Å²) in [5.74, 6) is -0.334. The molecule has 3 aromatic heterocycles. The van der Waals surface area contributed by atoms with Crippen LogP contribution in [0.5, 0.6) is 5.88 Å². The van der Waals surface area contributed by atoms with E-state index in [1.807, 2.05) is 36.4 Å². The van der Waals surface area contributed by atoms with Crippen LogP contribution in [0.1, 0.15) is 16.7 Å². The van der Waals surface area contributed by atoms with E-state index >= 15 is 0 Å². The fourth-order valence-electron chi connectivity index (χ4n) is 4.58. The largest absolute Gasteiger partial charge is 0.493 e. The van der Waals surface area contributed by atoms with E-state index in [0.29, 0.717) is 22.3 Å². The smallest absolute Gasteiger partial charge is 0.275 e. The Morgan fingerprint density at radius 2 is 1.77 bits per heavy atom. The molecule has 0 fully saturated rings. The molecule has 3 heterocycles. The molecule has 2 N–H and O–H groups in total. The van der Waals surface area contributed by atoms with E-state index in [-0.39, 0.29) is 27.9 Å². The first-order chi connectivity index (χ1) is 17.0. The van der Waals surface area contributed by atoms with Crippen LogP contribution >= 0.6 is 0 Å². The second-order valence-corrected chi connectivity index (χ2v) is 8.25. The highest BCUT2D eigenvalue weighted by molar-refractivity contribution is 5.90. The Morgan fingerprint density at radius 3 is 2.60 bits per heavy atom. The summed E-state index contributed by atoms with van der Waals surface area (Å²) in [7, 11) is 0. The normalized spacial score (nSPS) is 12.1. The average molecular weight is 459 g/mol. The summed E-state index contributed by atoms with van der Waals surface area (Å²) in [5, 5.41) is 25.5. The lowest BCUT2D eigenvalue weighted by molar-refractivity contribution is 0.433. The summed E-state index contributed by atoms with van der Waals surface area (Å²) in [6, 6.07) is 22.4. The van der Waals surface area contributed by atoms with Crippen LogP contribution in [-0.4, -0.2) is 24.3 Å². The molecule has 8 heteroatoms. The molecule has 0 bridgehead atoms. The van der Waals surface area contributed by atoms with E-state index in [9.17, 15) is 20.0 Å². The van der Waals surface area contributed by atoms with Crippen molar-refractivity contribution in [1.29, 1.82) is 5.26 Å². The third-order valence-electron chi connectivity index (χ3n) is 6.32. The number of benzene rings is 3. The first kappa shape index (κ1) is 20.4. The Morgan fingerprint density at radius 1 is 1.03 bits per heavy atom. The minimum absolute atomic E-state index is 0.0780. The summed E-state index contributed by atoms with van der Waals surface area (Å²) in [6.45, 7) is 1.64. The number of aromatic nitrogens is 4. The highest BCUT2D eigenvalue weighted by atomic mass is 16.3. The molecule has 0 aliphatic heterocycles. The maximum absolute atomic E-state index is 13.6. The number of fused-ring (bicyclic) bond motifs is 4. The summed E-state index contributed by atoms with van der Waals surface area (Å²) < 4.78 is 2.67. The molecule has 3 aromatic carbocycles. The number of nitrogens with one attached hydrogen (secondary N) is 1. The predicted molar refractivity (Wildman–Crippen MR) is 133 cm³/mol. The van der Waals surface area contributed by atoms with Gasteiger partial charge in [0.15, 0.2) is 5.65 Å². The van der Waals surface area contributed by atoms with E-state index in [4.69, 9.17) is 0 Å². The van der Waals surface area contributed by atoms with Crippen LogP contribution in [0.2, 0.25) is 0 Å². The first-order valence-electron chi connectivity index (χ1n) is 10.9. The number of H-pyrrole nitrogens is 1. The van der Waals surface area contributed by atoms with Crippen molar-refractivity contribution < 1.29 is 5.11 Å². The molecule has 6 aromatic rings. The standard InChI is InChI=1S/C27H17N5O3/c1-15-18(26(34)31-23-11-5-4-10-21(23)29-24(31)20(15)14-28)13-19-25(33)30-32(27(19)35)22-12-6-8-16-7-2-3-9-17(16)22/h2-13,35H,1H3,(H,30,33). The molecule has 0 atom stereocenters. The molecule has 168 valence electrons. The molecular weight excluding hydrogens is 442 g/mol. The van der Waals surface area contributed by atoms with Crippen molar-refractivity contribution in [2.45, 2.75) is 6.92 Å². The first-order valence-corrected chi connectivity index (χ1v) is 10.9. The number of nitrogens with zero attached hydrogens (tertiary/aromatic N) is 4. The molecule has 0 amide bonds. The lowest BCUT2D eigenvalue weighted by Gasteiger charge is -2.08. The Bertz CT molecular complexity index is 2030. The van der Waals surface area contributed by atoms with Gasteiger partial charge < -0.3 is 5.11 Å². The van der Waals surface area contributed by atoms with Gasteiger partial charge in [0.2, 0.25) is 5.88 Å². The number of aromatic amines is 1. The number of imidazole rings is 1. The van der Waals surface area contributed by atoms with Crippen LogP contribution in [-0.2, 0) is 0 Å². The van der Waals surface area contributed by atoms with Gasteiger partial charge in [0.05, 0.1) is 22.3 Å². The number of pyridine rings is 1. The van der Waals surface area contributed by atoms with Gasteiger partial charge in [-0.05, 0) is 42.1 Å². The third kappa shape index (κ3) is 2.89. The van der Waals surface area contributed by atoms with Crippen LogP contribution in [0, 0.1) is 18.3 Å². The highest BCUT2D eigenvalue weighted by Crippen LogP contribution is 2.26. The highest BCUT2D eigenvalue weighted by Gasteiger charge is 2.19. The van der Waals surface area contributed by atoms with Gasteiger partial charge in [0, 0.05) is 10.6 Å². The van der Waals surface area contributed by atoms with Gasteiger partial charge in [-0.2, -0.15) is 5.26 Å². The Labute approximate surface area is 197 Å². The number of para-hydroxylation sites is 2. The number of hydrogen-bond acceptors (Lipinski definition) is 5. The second-order valence-electron chi connectivity index (χ2n) is 8.25. The van der Waals surface area contributed by atoms with Gasteiger partial charge in [0.25, 0.3) is 11.1 Å². The maximum atomic E-state index is 13.6. The van der Waals surface area contributed by atoms with Crippen molar-refractivity contribution in [3.8, 4) is 17.6 Å². The molecular formula is C27H17N5O3. The Kier molecular flexibility index (Phi) is 4.34. The zero-order valence-electron chi connectivity index (χ0n) is 18.5. The SMILES string of the molecule is Cc1c(C#N)c2nc3ccccc3n2c(=O)c1=Cc1c(O)n(-c2cccc3ccccc23)[nH]c1=O. The second kappa shape index (κ2) is 7.43. The van der Waals surface area contributed by atoms with Gasteiger partial charge >= 0.3 is 0 Å². The quantitative estimate of drug-likeness (QED) is 0.413. The van der Waals surface area contributed by atoms with Crippen molar-refractivity contribution in [2.24, 2.45) is 0 Å². The lowest BCUT2D eigenvalue weighted by Crippen LogP contribution is -2.34. The molecule has 0 saturated carbocycles. The molecule has 0 aliphatic carbocycles. The molecule has 6 rings (SSSR count). The van der Waals surface area contributed by atoms with Gasteiger partial charge in [0.1, 0.15) is 11.6 Å². The molecule has 8 nitrogen and oxygen atoms in total. The zero-order valence-corrected chi connectivity index (χ0v) is 18.5. The van der Waals surface area contributed by atoms with E-state index < -0.39 is 11.1 Å². The van der Waals surface area contributed by atoms with Crippen molar-refractivity contribution in [3.05, 3.63) is 109 Å². The van der Waals surface area contributed by atoms with E-state index in [0.717, 1.165) is 10.8 Å². The van der Waals surface area contributed by atoms with Gasteiger partial charge in [-0.1, -0.05) is 48.5 Å². The van der Waals surface area contributed by atoms with Crippen molar-refractivity contribution in [1.82, 2.24) is 19.2 Å². The molecule has 0 unspecified atom stereocenters. The average Bonchev–Trinajstić information content (AvgIpc) is 3.39. The predicted octanol–water partition coefficient (Wildman–Crippen LogP) is 2.91. The minimum atomic E-state index is -0.566. The molecule has 0 radical (unpaired) electrons. The van der Waals surface area contributed by atoms with Gasteiger partial charge in [-0.3, -0.25) is 19.1 Å².